The Morgan fingerprint density at radius 1 is 0.655 bits per heavy atom. The average Bonchev–Trinajstić information content (AvgIpc) is 2.65. The summed E-state index contributed by atoms with van der Waals surface area (Å²) >= 11 is 0. The van der Waals surface area contributed by atoms with Gasteiger partial charge in [-0.05, 0) is 19.3 Å². The molecule has 0 rings (SSSR count). The van der Waals surface area contributed by atoms with Crippen LogP contribution in [0.3, 0.4) is 0 Å². The van der Waals surface area contributed by atoms with Crippen LogP contribution in [0.4, 0.5) is 0 Å². The topological polar surface area (TPSA) is 113 Å². The van der Waals surface area contributed by atoms with Gasteiger partial charge in [-0.1, -0.05) is 65.2 Å². The van der Waals surface area contributed by atoms with Crippen LogP contribution in [0.5, 0.6) is 0 Å². The Balaban J connectivity index is 0. The van der Waals surface area contributed by atoms with Crippen molar-refractivity contribution in [1.29, 1.82) is 0 Å². The Bertz CT molecular complexity index is 484. The standard InChI is InChI=1S/C21H37NO6.Na.H/c1-3-5-7-9-11-13-18(23)27-20(25)16-15-17(22)21(26)28-19(24)14-12-10-8-6-4-2;;/h17H,3-16,22H2,1-2H3;;/t17-;;/m0../s1. The molecule has 0 saturated heterocycles. The van der Waals surface area contributed by atoms with Gasteiger partial charge in [-0.15, -0.1) is 0 Å². The molecule has 0 radical (unpaired) electrons. The molecule has 0 aromatic carbocycles. The third-order valence-corrected chi connectivity index (χ3v) is 4.37. The number of hydrogen-bond donors (Lipinski definition) is 1. The van der Waals surface area contributed by atoms with Gasteiger partial charge < -0.3 is 15.2 Å². The normalized spacial score (nSPS) is 11.3. The van der Waals surface area contributed by atoms with Crippen LogP contribution >= 0.6 is 0 Å². The van der Waals surface area contributed by atoms with Gasteiger partial charge in [0.05, 0.1) is 0 Å². The second-order valence-corrected chi connectivity index (χ2v) is 7.11. The predicted molar refractivity (Wildman–Crippen MR) is 113 cm³/mol. The van der Waals surface area contributed by atoms with Gasteiger partial charge in [0, 0.05) is 19.3 Å². The van der Waals surface area contributed by atoms with E-state index >= 15 is 0 Å². The van der Waals surface area contributed by atoms with Crippen LogP contribution in [-0.2, 0) is 28.7 Å². The van der Waals surface area contributed by atoms with Crippen molar-refractivity contribution in [2.75, 3.05) is 0 Å². The third-order valence-electron chi connectivity index (χ3n) is 4.37. The van der Waals surface area contributed by atoms with Crippen LogP contribution in [0, 0.1) is 0 Å². The quantitative estimate of drug-likeness (QED) is 0.175. The van der Waals surface area contributed by atoms with Crippen LogP contribution in [0.1, 0.15) is 104 Å². The summed E-state index contributed by atoms with van der Waals surface area (Å²) in [6, 6.07) is -1.10. The molecule has 0 aromatic rings. The first kappa shape index (κ1) is 30.4. The number of unbranched alkanes of at least 4 members (excludes halogenated alkanes) is 8. The molecule has 0 aromatic heterocycles. The van der Waals surface area contributed by atoms with Crippen molar-refractivity contribution in [3.05, 3.63) is 0 Å². The molecule has 0 aliphatic heterocycles. The molecule has 1 atom stereocenters. The molecule has 7 nitrogen and oxygen atoms in total. The van der Waals surface area contributed by atoms with Crippen molar-refractivity contribution < 1.29 is 28.7 Å². The van der Waals surface area contributed by atoms with Crippen LogP contribution in [-0.4, -0.2) is 59.5 Å². The predicted octanol–water partition coefficient (Wildman–Crippen LogP) is 3.31. The van der Waals surface area contributed by atoms with Crippen molar-refractivity contribution in [2.24, 2.45) is 5.73 Å². The van der Waals surface area contributed by atoms with Crippen LogP contribution in [0.25, 0.3) is 0 Å². The van der Waals surface area contributed by atoms with Gasteiger partial charge in [-0.3, -0.25) is 14.4 Å². The van der Waals surface area contributed by atoms with Gasteiger partial charge in [0.2, 0.25) is 0 Å². The van der Waals surface area contributed by atoms with E-state index in [0.29, 0.717) is 12.8 Å². The van der Waals surface area contributed by atoms with Crippen molar-refractivity contribution in [2.45, 2.75) is 110 Å². The van der Waals surface area contributed by atoms with Gasteiger partial charge >= 0.3 is 53.4 Å². The van der Waals surface area contributed by atoms with E-state index in [1.165, 1.54) is 0 Å². The van der Waals surface area contributed by atoms with Crippen LogP contribution in [0.2, 0.25) is 0 Å². The van der Waals surface area contributed by atoms with Crippen LogP contribution in [0.15, 0.2) is 0 Å². The summed E-state index contributed by atoms with van der Waals surface area (Å²) in [5.74, 6) is -2.73. The fourth-order valence-corrected chi connectivity index (χ4v) is 2.60. The molecule has 0 amide bonds. The SMILES string of the molecule is CCCCCCCC(=O)OC(=O)CC[C@H](N)C(=O)OC(=O)CCCCCCC.[NaH]. The zero-order valence-electron chi connectivity index (χ0n) is 17.5. The number of esters is 4. The summed E-state index contributed by atoms with van der Waals surface area (Å²) in [6.45, 7) is 4.21. The van der Waals surface area contributed by atoms with E-state index in [1.54, 1.807) is 0 Å². The molecule has 0 aliphatic rings. The third kappa shape index (κ3) is 19.0. The van der Waals surface area contributed by atoms with E-state index in [9.17, 15) is 19.2 Å². The molecule has 0 bridgehead atoms. The molecule has 0 spiro atoms. The summed E-state index contributed by atoms with van der Waals surface area (Å²) in [4.78, 5) is 46.6. The Morgan fingerprint density at radius 2 is 1.07 bits per heavy atom. The number of carbonyl (C=O) groups excluding carboxylic acids is 4. The van der Waals surface area contributed by atoms with E-state index in [4.69, 9.17) is 15.2 Å². The molecule has 164 valence electrons. The molecule has 0 fully saturated rings. The van der Waals surface area contributed by atoms with Gasteiger partial charge in [0.1, 0.15) is 6.04 Å². The van der Waals surface area contributed by atoms with E-state index in [1.807, 2.05) is 0 Å². The van der Waals surface area contributed by atoms with Gasteiger partial charge in [-0.25, -0.2) is 4.79 Å². The number of hydrogen-bond acceptors (Lipinski definition) is 7. The Labute approximate surface area is 197 Å². The zero-order valence-corrected chi connectivity index (χ0v) is 17.5. The van der Waals surface area contributed by atoms with Gasteiger partial charge in [0.25, 0.3) is 0 Å². The molecule has 29 heavy (non-hydrogen) atoms. The molecule has 8 heteroatoms. The minimum atomic E-state index is -1.10. The molecular weight excluding hydrogens is 385 g/mol. The second kappa shape index (κ2) is 20.5. The van der Waals surface area contributed by atoms with E-state index < -0.39 is 29.9 Å². The summed E-state index contributed by atoms with van der Waals surface area (Å²) < 4.78 is 9.40. The monoisotopic (exact) mass is 423 g/mol. The molecule has 0 heterocycles. The first-order valence-electron chi connectivity index (χ1n) is 10.6. The number of nitrogens with two attached hydrogens (primary N) is 1. The summed E-state index contributed by atoms with van der Waals surface area (Å²) in [5.41, 5.74) is 5.65. The fourth-order valence-electron chi connectivity index (χ4n) is 2.60. The zero-order chi connectivity index (χ0) is 21.2. The number of carbonyl (C=O) groups is 4. The molecule has 0 aliphatic carbocycles. The average molecular weight is 424 g/mol. The first-order valence-corrected chi connectivity index (χ1v) is 10.6. The fraction of sp³-hybridized carbons (Fsp3) is 0.810. The Kier molecular flexibility index (Phi) is 21.5. The van der Waals surface area contributed by atoms with E-state index in [-0.39, 0.29) is 55.2 Å². The summed E-state index contributed by atoms with van der Waals surface area (Å²) in [5, 5.41) is 0. The second-order valence-electron chi connectivity index (χ2n) is 7.11. The first-order chi connectivity index (χ1) is 13.4. The Morgan fingerprint density at radius 3 is 1.55 bits per heavy atom. The van der Waals surface area contributed by atoms with Crippen molar-refractivity contribution in [3.63, 3.8) is 0 Å². The molecule has 0 saturated carbocycles. The molecule has 0 unspecified atom stereocenters. The van der Waals surface area contributed by atoms with E-state index in [2.05, 4.69) is 13.8 Å². The number of ether oxygens (including phenoxy) is 2. The van der Waals surface area contributed by atoms with Gasteiger partial charge in [-0.2, -0.15) is 0 Å². The van der Waals surface area contributed by atoms with Crippen molar-refractivity contribution in [1.82, 2.24) is 0 Å². The molecule has 2 N–H and O–H groups in total. The van der Waals surface area contributed by atoms with Crippen molar-refractivity contribution in [3.8, 4) is 0 Å². The maximum absolute atomic E-state index is 11.8. The van der Waals surface area contributed by atoms with E-state index in [0.717, 1.165) is 51.4 Å². The van der Waals surface area contributed by atoms with Gasteiger partial charge in [0.15, 0.2) is 0 Å². The minimum absolute atomic E-state index is 0. The summed E-state index contributed by atoms with van der Waals surface area (Å²) in [7, 11) is 0. The van der Waals surface area contributed by atoms with Crippen molar-refractivity contribution >= 4 is 53.4 Å². The Hall–Kier alpha value is -0.760. The number of rotatable bonds is 16. The maximum atomic E-state index is 11.8. The van der Waals surface area contributed by atoms with Crippen LogP contribution < -0.4 is 5.73 Å². The summed E-state index contributed by atoms with van der Waals surface area (Å²) in [6.07, 6.45) is 9.99. The molecular formula is C21H38NNaO6.